The summed E-state index contributed by atoms with van der Waals surface area (Å²) in [6.45, 7) is 2.95. The van der Waals surface area contributed by atoms with Crippen LogP contribution in [-0.2, 0) is 25.6 Å². The lowest BCUT2D eigenvalue weighted by atomic mass is 10.1. The number of aryl methyl sites for hydroxylation is 1. The third-order valence-electron chi connectivity index (χ3n) is 9.07. The van der Waals surface area contributed by atoms with Crippen molar-refractivity contribution in [1.82, 2.24) is 20.1 Å². The Morgan fingerprint density at radius 3 is 2.47 bits per heavy atom. The number of imide groups is 1. The molecule has 0 fully saturated rings. The number of amides is 5. The first-order valence-electron chi connectivity index (χ1n) is 18.5. The van der Waals surface area contributed by atoms with Crippen molar-refractivity contribution in [2.75, 3.05) is 56.8 Å². The van der Waals surface area contributed by atoms with E-state index >= 15 is 0 Å². The molecule has 0 saturated carbocycles. The average molecular weight is 800 g/mol. The van der Waals surface area contributed by atoms with Gasteiger partial charge in [-0.05, 0) is 88.7 Å². The molecular formula is C41H46FN7O7S. The number of thiazole rings is 1. The number of aldehydes is 1. The highest BCUT2D eigenvalue weighted by Crippen LogP contribution is 2.33. The van der Waals surface area contributed by atoms with Crippen LogP contribution in [0.3, 0.4) is 0 Å². The summed E-state index contributed by atoms with van der Waals surface area (Å²) >= 11 is 1.28. The van der Waals surface area contributed by atoms with Gasteiger partial charge in [-0.25, -0.2) is 9.37 Å². The second-order valence-electron chi connectivity index (χ2n) is 13.7. The molecule has 1 aliphatic heterocycles. The van der Waals surface area contributed by atoms with E-state index in [0.717, 1.165) is 34.6 Å². The average Bonchev–Trinajstić information content (AvgIpc) is 3.66. The van der Waals surface area contributed by atoms with Gasteiger partial charge in [0.15, 0.2) is 5.13 Å². The van der Waals surface area contributed by atoms with Gasteiger partial charge in [-0.1, -0.05) is 24.3 Å². The van der Waals surface area contributed by atoms with Gasteiger partial charge < -0.3 is 35.7 Å². The number of nitrogens with one attached hydrogen (secondary N) is 4. The molecule has 0 radical (unpaired) electrons. The second kappa shape index (κ2) is 19.7. The number of anilines is 3. The molecule has 300 valence electrons. The molecule has 0 aliphatic carbocycles. The van der Waals surface area contributed by atoms with Crippen LogP contribution >= 0.6 is 11.3 Å². The summed E-state index contributed by atoms with van der Waals surface area (Å²) in [5, 5.41) is 11.5. The summed E-state index contributed by atoms with van der Waals surface area (Å²) < 4.78 is 20.8. The van der Waals surface area contributed by atoms with E-state index in [9.17, 15) is 33.2 Å². The minimum atomic E-state index is -1.04. The van der Waals surface area contributed by atoms with E-state index in [1.165, 1.54) is 30.5 Å². The number of nitrogens with zero attached hydrogens (tertiary/aromatic N) is 3. The predicted molar refractivity (Wildman–Crippen MR) is 216 cm³/mol. The minimum absolute atomic E-state index is 0.00570. The van der Waals surface area contributed by atoms with Crippen molar-refractivity contribution in [3.05, 3.63) is 88.0 Å². The number of fused-ring (bicyclic) bond motifs is 1. The van der Waals surface area contributed by atoms with E-state index in [2.05, 4.69) is 26.3 Å². The van der Waals surface area contributed by atoms with Gasteiger partial charge in [0, 0.05) is 36.1 Å². The third-order valence-corrected chi connectivity index (χ3v) is 9.96. The van der Waals surface area contributed by atoms with Gasteiger partial charge in [0.2, 0.25) is 17.7 Å². The molecule has 57 heavy (non-hydrogen) atoms. The summed E-state index contributed by atoms with van der Waals surface area (Å²) in [6.07, 6.45) is 2.99. The summed E-state index contributed by atoms with van der Waals surface area (Å²) in [7, 11) is 4.97. The van der Waals surface area contributed by atoms with Gasteiger partial charge in [0.25, 0.3) is 11.8 Å². The van der Waals surface area contributed by atoms with Crippen LogP contribution in [0.1, 0.15) is 63.3 Å². The Kier molecular flexibility index (Phi) is 14.6. The fourth-order valence-electron chi connectivity index (χ4n) is 6.28. The van der Waals surface area contributed by atoms with Crippen molar-refractivity contribution in [2.45, 2.75) is 51.5 Å². The maximum Gasteiger partial charge on any atom is 0.264 e. The zero-order valence-electron chi connectivity index (χ0n) is 32.3. The number of carbonyl (C=O) groups is 6. The van der Waals surface area contributed by atoms with Gasteiger partial charge >= 0.3 is 0 Å². The van der Waals surface area contributed by atoms with Crippen molar-refractivity contribution in [3.63, 3.8) is 0 Å². The second-order valence-corrected chi connectivity index (χ2v) is 14.9. The fraction of sp³-hybridized carbons (Fsp3) is 0.341. The van der Waals surface area contributed by atoms with Crippen LogP contribution in [0.4, 0.5) is 20.9 Å². The third kappa shape index (κ3) is 11.1. The smallest absolute Gasteiger partial charge is 0.264 e. The van der Waals surface area contributed by atoms with Crippen molar-refractivity contribution in [2.24, 2.45) is 0 Å². The molecule has 0 saturated heterocycles. The van der Waals surface area contributed by atoms with Crippen LogP contribution in [0.25, 0.3) is 11.3 Å². The highest BCUT2D eigenvalue weighted by Gasteiger charge is 2.41. The van der Waals surface area contributed by atoms with Gasteiger partial charge in [-0.2, -0.15) is 0 Å². The standard InChI is InChI=1S/C41H46FN7O7S/c1-25-38(27-14-16-32(31(42)22-27)45-36(53)23-48(3)4)47-41(57-25)46-35(52)21-26-10-8-11-29(20-26)56-19-7-5-6-18-44-33-13-9-12-30-37(33)40(55)49(39(30)54)28(24-50)15-17-34(51)43-2/h8-14,16,20,22,24,28,44H,5-7,15,17-19,21,23H2,1-4H3,(H,43,51)(H,45,53)(H,46,47,52). The molecule has 1 aliphatic rings. The number of halogens is 1. The highest BCUT2D eigenvalue weighted by molar-refractivity contribution is 7.16. The van der Waals surface area contributed by atoms with Crippen LogP contribution < -0.4 is 26.0 Å². The normalized spacial score (nSPS) is 12.6. The first-order chi connectivity index (χ1) is 27.4. The molecule has 4 aromatic rings. The Balaban J connectivity index is 1.05. The molecule has 1 atom stereocenters. The topological polar surface area (TPSA) is 179 Å². The SMILES string of the molecule is CNC(=O)CCC(C=O)N1C(=O)c2cccc(NCCCCCOc3cccc(CC(=O)Nc4nc(-c5ccc(NC(=O)CN(C)C)c(F)c5)c(C)s4)c3)c2C1=O. The predicted octanol–water partition coefficient (Wildman–Crippen LogP) is 5.29. The van der Waals surface area contributed by atoms with Crippen LogP contribution in [0.15, 0.2) is 60.7 Å². The Morgan fingerprint density at radius 1 is 0.947 bits per heavy atom. The molecule has 16 heteroatoms. The number of benzene rings is 3. The van der Waals surface area contributed by atoms with E-state index in [1.807, 2.05) is 31.2 Å². The first kappa shape index (κ1) is 42.1. The lowest BCUT2D eigenvalue weighted by molar-refractivity contribution is -0.121. The molecule has 1 aromatic heterocycles. The number of hydrogen-bond donors (Lipinski definition) is 4. The summed E-state index contributed by atoms with van der Waals surface area (Å²) in [4.78, 5) is 82.8. The molecular weight excluding hydrogens is 754 g/mol. The molecule has 0 bridgehead atoms. The molecule has 2 heterocycles. The Bertz CT molecular complexity index is 2140. The first-order valence-corrected chi connectivity index (χ1v) is 19.3. The lowest BCUT2D eigenvalue weighted by Gasteiger charge is -2.21. The summed E-state index contributed by atoms with van der Waals surface area (Å²) in [6, 6.07) is 15.7. The zero-order chi connectivity index (χ0) is 41.1. The highest BCUT2D eigenvalue weighted by atomic mass is 32.1. The molecule has 0 spiro atoms. The molecule has 14 nitrogen and oxygen atoms in total. The number of aromatic nitrogens is 1. The number of carbonyl (C=O) groups excluding carboxylic acids is 6. The van der Waals surface area contributed by atoms with Gasteiger partial charge in [0.1, 0.15) is 17.9 Å². The van der Waals surface area contributed by atoms with Gasteiger partial charge in [-0.15, -0.1) is 11.3 Å². The van der Waals surface area contributed by atoms with E-state index in [0.29, 0.717) is 47.3 Å². The van der Waals surface area contributed by atoms with Crippen LogP contribution in [0, 0.1) is 12.7 Å². The van der Waals surface area contributed by atoms with Gasteiger partial charge in [-0.3, -0.25) is 28.9 Å². The van der Waals surface area contributed by atoms with Crippen molar-refractivity contribution < 1.29 is 37.9 Å². The summed E-state index contributed by atoms with van der Waals surface area (Å²) in [5.74, 6) is -1.95. The largest absolute Gasteiger partial charge is 0.494 e. The maximum atomic E-state index is 14.8. The molecule has 5 rings (SSSR count). The molecule has 1 unspecified atom stereocenters. The Hall–Kier alpha value is -6.00. The van der Waals surface area contributed by atoms with E-state index in [-0.39, 0.29) is 60.3 Å². The number of unbranched alkanes of at least 4 members (excludes halogenated alkanes) is 2. The Labute approximate surface area is 334 Å². The number of hydrogen-bond acceptors (Lipinski definition) is 11. The van der Waals surface area contributed by atoms with Crippen LogP contribution in [0.5, 0.6) is 5.75 Å². The number of ether oxygens (including phenoxy) is 1. The zero-order valence-corrected chi connectivity index (χ0v) is 33.1. The van der Waals surface area contributed by atoms with Crippen LogP contribution in [-0.4, -0.2) is 97.5 Å². The molecule has 5 amide bonds. The van der Waals surface area contributed by atoms with E-state index < -0.39 is 23.7 Å². The monoisotopic (exact) mass is 799 g/mol. The minimum Gasteiger partial charge on any atom is -0.494 e. The van der Waals surface area contributed by atoms with E-state index in [1.54, 1.807) is 43.3 Å². The van der Waals surface area contributed by atoms with Crippen molar-refractivity contribution in [3.8, 4) is 17.0 Å². The number of rotatable bonds is 20. The van der Waals surface area contributed by atoms with Gasteiger partial charge in [0.05, 0.1) is 48.1 Å². The summed E-state index contributed by atoms with van der Waals surface area (Å²) in [5.41, 5.74) is 2.85. The maximum absolute atomic E-state index is 14.8. The molecule has 3 aromatic carbocycles. The lowest BCUT2D eigenvalue weighted by Crippen LogP contribution is -2.41. The van der Waals surface area contributed by atoms with Crippen molar-refractivity contribution in [1.29, 1.82) is 0 Å². The Morgan fingerprint density at radius 2 is 1.74 bits per heavy atom. The van der Waals surface area contributed by atoms with Crippen molar-refractivity contribution >= 4 is 63.7 Å². The molecule has 4 N–H and O–H groups in total. The van der Waals surface area contributed by atoms with Crippen LogP contribution in [0.2, 0.25) is 0 Å². The van der Waals surface area contributed by atoms with E-state index in [4.69, 9.17) is 4.74 Å². The number of likely N-dealkylation sites (N-methyl/N-ethyl adjacent to an activating group) is 1. The fourth-order valence-corrected chi connectivity index (χ4v) is 7.14. The quantitative estimate of drug-likeness (QED) is 0.0522.